The lowest BCUT2D eigenvalue weighted by Crippen LogP contribution is -2.54. The molecule has 0 unspecified atom stereocenters. The van der Waals surface area contributed by atoms with E-state index < -0.39 is 47.8 Å². The molecule has 0 aromatic heterocycles. The summed E-state index contributed by atoms with van der Waals surface area (Å²) in [6.45, 7) is 15.7. The van der Waals surface area contributed by atoms with Crippen LogP contribution in [-0.4, -0.2) is 108 Å². The summed E-state index contributed by atoms with van der Waals surface area (Å²) in [6.07, 6.45) is 0.259. The molecule has 2 saturated heterocycles. The Morgan fingerprint density at radius 2 is 0.870 bits per heavy atom. The van der Waals surface area contributed by atoms with Crippen molar-refractivity contribution >= 4 is 82.4 Å². The van der Waals surface area contributed by atoms with Crippen LogP contribution in [0.25, 0.3) is 0 Å². The third-order valence-electron chi connectivity index (χ3n) is 11.4. The molecule has 0 bridgehead atoms. The maximum absolute atomic E-state index is 12.3. The Morgan fingerprint density at radius 1 is 0.593 bits per heavy atom. The van der Waals surface area contributed by atoms with Gasteiger partial charge in [0.25, 0.3) is 0 Å². The SMILES string of the molecule is CCOC(=O)C[C@@H]1[N+](C)=C(c2ccc(I)cc2)O[B-]12OC(C)(C)C(C)(C)O2.CCOC(=O)C[C@@H]1[N+](C)=C(c2ccc(I)cc2)O[B-]12OC(C)(C)C(C)(C)O2. The number of hydrogen-bond donors (Lipinski definition) is 0. The van der Waals surface area contributed by atoms with Gasteiger partial charge in [0.2, 0.25) is 0 Å². The van der Waals surface area contributed by atoms with E-state index in [2.05, 4.69) is 45.2 Å². The van der Waals surface area contributed by atoms with E-state index in [1.807, 2.05) is 127 Å². The van der Waals surface area contributed by atoms with Gasteiger partial charge >= 0.3 is 37.2 Å². The third kappa shape index (κ3) is 8.24. The van der Waals surface area contributed by atoms with Crippen LogP contribution in [0.2, 0.25) is 0 Å². The number of nitrogens with zero attached hydrogens (tertiary/aromatic N) is 2. The van der Waals surface area contributed by atoms with E-state index in [1.54, 1.807) is 13.8 Å². The number of benzene rings is 2. The van der Waals surface area contributed by atoms with Gasteiger partial charge in [-0.2, -0.15) is 0 Å². The van der Waals surface area contributed by atoms with Gasteiger partial charge in [-0.05, 0) is 163 Å². The Morgan fingerprint density at radius 3 is 1.13 bits per heavy atom. The van der Waals surface area contributed by atoms with Crippen molar-refractivity contribution in [3.05, 3.63) is 66.8 Å². The number of rotatable bonds is 8. The fourth-order valence-electron chi connectivity index (χ4n) is 7.22. The van der Waals surface area contributed by atoms with E-state index >= 15 is 0 Å². The highest BCUT2D eigenvalue weighted by Crippen LogP contribution is 2.48. The number of hydrogen-bond acceptors (Lipinski definition) is 10. The molecule has 12 nitrogen and oxygen atoms in total. The van der Waals surface area contributed by atoms with Crippen LogP contribution in [0.15, 0.2) is 48.5 Å². The van der Waals surface area contributed by atoms with E-state index in [-0.39, 0.29) is 24.8 Å². The number of esters is 2. The van der Waals surface area contributed by atoms with Crippen LogP contribution in [0.4, 0.5) is 0 Å². The summed E-state index contributed by atoms with van der Waals surface area (Å²) in [5.41, 5.74) is -0.435. The largest absolute Gasteiger partial charge is 0.617 e. The molecule has 54 heavy (non-hydrogen) atoms. The van der Waals surface area contributed by atoms with Crippen LogP contribution in [0.1, 0.15) is 93.2 Å². The fraction of sp³-hybridized carbons (Fsp3) is 0.579. The van der Waals surface area contributed by atoms with Gasteiger partial charge < -0.3 is 37.4 Å². The van der Waals surface area contributed by atoms with Crippen molar-refractivity contribution in [3.63, 3.8) is 0 Å². The molecule has 2 atom stereocenters. The molecular weight excluding hydrogens is 920 g/mol. The molecule has 2 aromatic carbocycles. The maximum atomic E-state index is 12.3. The zero-order chi connectivity index (χ0) is 40.1. The van der Waals surface area contributed by atoms with Gasteiger partial charge in [0, 0.05) is 29.5 Å². The maximum Gasteiger partial charge on any atom is 0.506 e. The molecule has 0 amide bonds. The molecule has 2 aromatic rings. The van der Waals surface area contributed by atoms with Crippen molar-refractivity contribution in [2.45, 2.75) is 116 Å². The normalized spacial score (nSPS) is 24.9. The first-order chi connectivity index (χ1) is 25.0. The van der Waals surface area contributed by atoms with Gasteiger partial charge in [0.1, 0.15) is 26.0 Å². The Bertz CT molecular complexity index is 1650. The second-order valence-corrected chi connectivity index (χ2v) is 18.6. The molecule has 2 spiro atoms. The summed E-state index contributed by atoms with van der Waals surface area (Å²) in [5.74, 6) is -0.0994. The smallest absolute Gasteiger partial charge is 0.506 e. The standard InChI is InChI=1S/2C19H27BINO5/c2*1-7-24-16(23)12-15-20(26-18(2,3)19(4,5)27-20)25-17(22(15)6)13-8-10-14(21)11-9-13/h2*8-11,15H,7,12H2,1-6H3/t2*15-/m00/s1. The van der Waals surface area contributed by atoms with E-state index in [0.717, 1.165) is 18.3 Å². The Balaban J connectivity index is 0.000000208. The summed E-state index contributed by atoms with van der Waals surface area (Å²) in [4.78, 5) is 24.6. The van der Waals surface area contributed by atoms with Crippen LogP contribution < -0.4 is 0 Å². The van der Waals surface area contributed by atoms with Crippen LogP contribution in [0.3, 0.4) is 0 Å². The summed E-state index contributed by atoms with van der Waals surface area (Å²) in [7, 11) is 3.80. The molecule has 6 rings (SSSR count). The summed E-state index contributed by atoms with van der Waals surface area (Å²) in [6, 6.07) is 16.0. The lowest BCUT2D eigenvalue weighted by Gasteiger charge is -2.36. The predicted octanol–water partition coefficient (Wildman–Crippen LogP) is 6.23. The molecule has 0 aliphatic carbocycles. The third-order valence-corrected chi connectivity index (χ3v) is 12.8. The van der Waals surface area contributed by atoms with Gasteiger partial charge in [0.05, 0.1) is 37.2 Å². The second kappa shape index (κ2) is 15.6. The van der Waals surface area contributed by atoms with Crippen LogP contribution in [-0.2, 0) is 47.0 Å². The van der Waals surface area contributed by atoms with Crippen molar-refractivity contribution in [2.24, 2.45) is 0 Å². The highest BCUT2D eigenvalue weighted by Gasteiger charge is 2.67. The van der Waals surface area contributed by atoms with Crippen molar-refractivity contribution in [1.29, 1.82) is 0 Å². The van der Waals surface area contributed by atoms with E-state index in [1.165, 1.54) is 0 Å². The zero-order valence-electron chi connectivity index (χ0n) is 33.5. The molecule has 4 aliphatic heterocycles. The lowest BCUT2D eigenvalue weighted by atomic mass is 9.67. The van der Waals surface area contributed by atoms with Gasteiger partial charge in [-0.1, -0.05) is 0 Å². The molecule has 4 heterocycles. The van der Waals surface area contributed by atoms with E-state index in [4.69, 9.17) is 37.4 Å². The second-order valence-electron chi connectivity index (χ2n) is 16.1. The quantitative estimate of drug-likeness (QED) is 0.131. The van der Waals surface area contributed by atoms with Crippen molar-refractivity contribution < 1.29 is 56.1 Å². The minimum Gasteiger partial charge on any atom is -0.617 e. The zero-order valence-corrected chi connectivity index (χ0v) is 37.8. The molecular formula is C38H54B2I2N2O10. The average molecular weight is 974 g/mol. The summed E-state index contributed by atoms with van der Waals surface area (Å²) in [5, 5.41) is 0. The molecule has 4 aliphatic rings. The molecule has 296 valence electrons. The molecule has 2 fully saturated rings. The Kier molecular flexibility index (Phi) is 12.4. The van der Waals surface area contributed by atoms with Crippen LogP contribution >= 0.6 is 45.2 Å². The van der Waals surface area contributed by atoms with E-state index in [0.29, 0.717) is 25.0 Å². The number of halogens is 2. The Hall–Kier alpha value is -2.25. The van der Waals surface area contributed by atoms with Crippen LogP contribution in [0, 0.1) is 7.14 Å². The van der Waals surface area contributed by atoms with Crippen molar-refractivity contribution in [3.8, 4) is 0 Å². The molecule has 16 heteroatoms. The summed E-state index contributed by atoms with van der Waals surface area (Å²) >= 11 is 4.53. The monoisotopic (exact) mass is 974 g/mol. The highest BCUT2D eigenvalue weighted by molar-refractivity contribution is 14.1. The topological polar surface area (TPSA) is 114 Å². The minimum absolute atomic E-state index is 0.129. The first-order valence-electron chi connectivity index (χ1n) is 18.5. The number of carbonyl (C=O) groups excluding carboxylic acids is 2. The lowest BCUT2D eigenvalue weighted by molar-refractivity contribution is -0.517. The van der Waals surface area contributed by atoms with E-state index in [9.17, 15) is 9.59 Å². The minimum atomic E-state index is -2.19. The van der Waals surface area contributed by atoms with Gasteiger partial charge in [-0.25, -0.2) is 9.15 Å². The van der Waals surface area contributed by atoms with Crippen molar-refractivity contribution in [2.75, 3.05) is 27.3 Å². The van der Waals surface area contributed by atoms with Crippen molar-refractivity contribution in [1.82, 2.24) is 0 Å². The first kappa shape index (κ1) is 42.9. The molecule has 0 N–H and O–H groups in total. The number of carbonyl (C=O) groups is 2. The Labute approximate surface area is 346 Å². The first-order valence-corrected chi connectivity index (χ1v) is 20.7. The number of ether oxygens (including phenoxy) is 2. The average Bonchev–Trinajstić information content (AvgIpc) is 3.61. The molecule has 0 saturated carbocycles. The molecule has 0 radical (unpaired) electrons. The van der Waals surface area contributed by atoms with Crippen LogP contribution in [0.5, 0.6) is 0 Å². The van der Waals surface area contributed by atoms with Gasteiger partial charge in [-0.3, -0.25) is 9.59 Å². The van der Waals surface area contributed by atoms with Gasteiger partial charge in [0.15, 0.2) is 0 Å². The van der Waals surface area contributed by atoms with Gasteiger partial charge in [-0.15, -0.1) is 0 Å². The fourth-order valence-corrected chi connectivity index (χ4v) is 7.94. The predicted molar refractivity (Wildman–Crippen MR) is 223 cm³/mol. The summed E-state index contributed by atoms with van der Waals surface area (Å²) < 4.78 is 54.8. The highest BCUT2D eigenvalue weighted by atomic mass is 127.